The summed E-state index contributed by atoms with van der Waals surface area (Å²) in [6, 6.07) is 5.48. The number of carbonyl (C=O) groups excluding carboxylic acids is 1. The van der Waals surface area contributed by atoms with Gasteiger partial charge in [-0.2, -0.15) is 13.2 Å². The van der Waals surface area contributed by atoms with Crippen LogP contribution in [-0.2, 0) is 16.4 Å². The van der Waals surface area contributed by atoms with Gasteiger partial charge in [-0.3, -0.25) is 15.6 Å². The number of benzene rings is 1. The summed E-state index contributed by atoms with van der Waals surface area (Å²) < 4.78 is 38.9. The van der Waals surface area contributed by atoms with E-state index in [1.807, 2.05) is 13.8 Å². The second-order valence-electron chi connectivity index (χ2n) is 8.03. The van der Waals surface area contributed by atoms with Crippen molar-refractivity contribution in [1.29, 1.82) is 0 Å². The molecule has 3 atom stereocenters. The molecule has 1 aromatic carbocycles. The second kappa shape index (κ2) is 7.19. The molecule has 1 aliphatic heterocycles. The molecule has 144 valence electrons. The fourth-order valence-corrected chi connectivity index (χ4v) is 3.99. The topological polar surface area (TPSA) is 53.2 Å². The van der Waals surface area contributed by atoms with Gasteiger partial charge in [0.15, 0.2) is 0 Å². The Morgan fingerprint density at radius 3 is 2.69 bits per heavy atom. The van der Waals surface area contributed by atoms with Gasteiger partial charge in [0.05, 0.1) is 11.5 Å². The Morgan fingerprint density at radius 1 is 1.23 bits per heavy atom. The van der Waals surface area contributed by atoms with Crippen molar-refractivity contribution in [3.8, 4) is 0 Å². The Balaban J connectivity index is 1.65. The van der Waals surface area contributed by atoms with Crippen LogP contribution in [0.5, 0.6) is 0 Å². The highest BCUT2D eigenvalue weighted by Crippen LogP contribution is 2.33. The van der Waals surface area contributed by atoms with Crippen molar-refractivity contribution < 1.29 is 18.0 Å². The third-order valence-electron chi connectivity index (χ3n) is 5.68. The third kappa shape index (κ3) is 4.04. The predicted molar refractivity (Wildman–Crippen MR) is 93.2 cm³/mol. The number of hydrogen-bond donors (Lipinski definition) is 3. The van der Waals surface area contributed by atoms with E-state index < -0.39 is 17.2 Å². The average Bonchev–Trinajstić information content (AvgIpc) is 3.08. The maximum atomic E-state index is 13.0. The van der Waals surface area contributed by atoms with Gasteiger partial charge >= 0.3 is 6.18 Å². The Hall–Kier alpha value is -1.60. The molecular weight excluding hydrogens is 343 g/mol. The number of nitrogens with one attached hydrogen (secondary N) is 3. The molecule has 3 unspecified atom stereocenters. The molecule has 0 aromatic heterocycles. The molecule has 1 saturated carbocycles. The molecule has 0 bridgehead atoms. The van der Waals surface area contributed by atoms with E-state index in [-0.39, 0.29) is 17.9 Å². The van der Waals surface area contributed by atoms with Gasteiger partial charge in [-0.15, -0.1) is 0 Å². The molecule has 1 amide bonds. The van der Waals surface area contributed by atoms with Crippen LogP contribution in [0.25, 0.3) is 0 Å². The number of carbonyl (C=O) groups is 1. The summed E-state index contributed by atoms with van der Waals surface area (Å²) in [6.45, 7) is 4.88. The molecule has 2 fully saturated rings. The van der Waals surface area contributed by atoms with Crippen molar-refractivity contribution in [2.24, 2.45) is 11.8 Å². The van der Waals surface area contributed by atoms with Crippen LogP contribution in [0.4, 0.5) is 13.2 Å². The first-order chi connectivity index (χ1) is 12.2. The lowest BCUT2D eigenvalue weighted by atomic mass is 9.77. The first-order valence-corrected chi connectivity index (χ1v) is 9.12. The van der Waals surface area contributed by atoms with Gasteiger partial charge in [-0.05, 0) is 30.4 Å². The monoisotopic (exact) mass is 369 g/mol. The summed E-state index contributed by atoms with van der Waals surface area (Å²) in [6.07, 6.45) is -1.39. The van der Waals surface area contributed by atoms with Crippen LogP contribution >= 0.6 is 0 Å². The molecule has 7 heteroatoms. The van der Waals surface area contributed by atoms with E-state index in [1.54, 1.807) is 6.07 Å². The molecule has 0 radical (unpaired) electrons. The van der Waals surface area contributed by atoms with Crippen molar-refractivity contribution in [1.82, 2.24) is 16.2 Å². The zero-order valence-corrected chi connectivity index (χ0v) is 15.1. The quantitative estimate of drug-likeness (QED) is 0.765. The average molecular weight is 369 g/mol. The lowest BCUT2D eigenvalue weighted by Crippen LogP contribution is -2.49. The van der Waals surface area contributed by atoms with E-state index >= 15 is 0 Å². The maximum Gasteiger partial charge on any atom is 0.416 e. The Bertz CT molecular complexity index is 660. The summed E-state index contributed by atoms with van der Waals surface area (Å²) in [5, 5.41) is 2.97. The van der Waals surface area contributed by atoms with Gasteiger partial charge in [0.25, 0.3) is 0 Å². The van der Waals surface area contributed by atoms with Gasteiger partial charge in [-0.25, -0.2) is 0 Å². The predicted octanol–water partition coefficient (Wildman–Crippen LogP) is 2.99. The molecule has 3 rings (SSSR count). The minimum absolute atomic E-state index is 0.0176. The summed E-state index contributed by atoms with van der Waals surface area (Å²) in [5.74, 6) is 0.355. The Kier molecular flexibility index (Phi) is 5.30. The number of fused-ring (bicyclic) bond motifs is 1. The molecule has 26 heavy (non-hydrogen) atoms. The van der Waals surface area contributed by atoms with Crippen molar-refractivity contribution in [3.05, 3.63) is 35.4 Å². The standard InChI is InChI=1S/C19H26F3N3O/c1-18(2,13-6-4-7-14(9-13)19(20,21)22)11-23-17(26)15-8-3-5-12-10-24-25-16(12)15/h4,6-7,9,12,15-16,24-25H,3,5,8,10-11H2,1-2H3,(H,23,26). The molecule has 1 aliphatic carbocycles. The molecule has 1 heterocycles. The second-order valence-corrected chi connectivity index (χ2v) is 8.03. The summed E-state index contributed by atoms with van der Waals surface area (Å²) in [7, 11) is 0. The van der Waals surface area contributed by atoms with Crippen LogP contribution in [0.1, 0.15) is 44.2 Å². The maximum absolute atomic E-state index is 13.0. The van der Waals surface area contributed by atoms with Crippen LogP contribution in [0.3, 0.4) is 0 Å². The van der Waals surface area contributed by atoms with Gasteiger partial charge < -0.3 is 5.32 Å². The Labute approximate surface area is 151 Å². The smallest absolute Gasteiger partial charge is 0.355 e. The fourth-order valence-electron chi connectivity index (χ4n) is 3.99. The van der Waals surface area contributed by atoms with E-state index in [0.29, 0.717) is 18.0 Å². The molecule has 1 aromatic rings. The van der Waals surface area contributed by atoms with Gasteiger partial charge in [0, 0.05) is 24.5 Å². The zero-order chi connectivity index (χ0) is 18.9. The van der Waals surface area contributed by atoms with Crippen LogP contribution in [0, 0.1) is 11.8 Å². The Morgan fingerprint density at radius 2 is 1.96 bits per heavy atom. The van der Waals surface area contributed by atoms with Crippen LogP contribution in [0.2, 0.25) is 0 Å². The van der Waals surface area contributed by atoms with E-state index in [1.165, 1.54) is 12.1 Å². The molecule has 0 spiro atoms. The number of hydrogen-bond acceptors (Lipinski definition) is 3. The van der Waals surface area contributed by atoms with Crippen molar-refractivity contribution in [3.63, 3.8) is 0 Å². The summed E-state index contributed by atoms with van der Waals surface area (Å²) in [5.41, 5.74) is 5.65. The van der Waals surface area contributed by atoms with Crippen molar-refractivity contribution in [2.75, 3.05) is 13.1 Å². The first-order valence-electron chi connectivity index (χ1n) is 9.12. The molecule has 4 nitrogen and oxygen atoms in total. The van der Waals surface area contributed by atoms with Crippen LogP contribution in [0.15, 0.2) is 24.3 Å². The van der Waals surface area contributed by atoms with Gasteiger partial charge in [0.1, 0.15) is 0 Å². The number of hydrazine groups is 1. The molecule has 1 saturated heterocycles. The minimum Gasteiger partial charge on any atom is -0.355 e. The summed E-state index contributed by atoms with van der Waals surface area (Å²) in [4.78, 5) is 12.7. The van der Waals surface area contributed by atoms with Crippen LogP contribution in [-0.4, -0.2) is 25.0 Å². The summed E-state index contributed by atoms with van der Waals surface area (Å²) >= 11 is 0. The number of alkyl halides is 3. The van der Waals surface area contributed by atoms with Crippen molar-refractivity contribution >= 4 is 5.91 Å². The molecule has 3 N–H and O–H groups in total. The van der Waals surface area contributed by atoms with Gasteiger partial charge in [-0.1, -0.05) is 38.5 Å². The first kappa shape index (κ1) is 19.2. The van der Waals surface area contributed by atoms with Crippen LogP contribution < -0.4 is 16.2 Å². The van der Waals surface area contributed by atoms with Gasteiger partial charge in [0.2, 0.25) is 5.91 Å². The van der Waals surface area contributed by atoms with E-state index in [0.717, 1.165) is 31.9 Å². The number of rotatable bonds is 4. The SMILES string of the molecule is CC(C)(CNC(=O)C1CCCC2CNNC21)c1cccc(C(F)(F)F)c1. The highest BCUT2D eigenvalue weighted by atomic mass is 19.4. The molecule has 2 aliphatic rings. The lowest BCUT2D eigenvalue weighted by molar-refractivity contribution is -0.137. The third-order valence-corrected chi connectivity index (χ3v) is 5.68. The van der Waals surface area contributed by atoms with E-state index in [9.17, 15) is 18.0 Å². The number of amides is 1. The minimum atomic E-state index is -4.37. The molecular formula is C19H26F3N3O. The van der Waals surface area contributed by atoms with Crippen molar-refractivity contribution in [2.45, 2.75) is 50.7 Å². The zero-order valence-electron chi connectivity index (χ0n) is 15.1. The normalized spacial score (nSPS) is 26.4. The van der Waals surface area contributed by atoms with E-state index in [4.69, 9.17) is 0 Å². The van der Waals surface area contributed by atoms with E-state index in [2.05, 4.69) is 16.2 Å². The number of halogens is 3. The lowest BCUT2D eigenvalue weighted by Gasteiger charge is -2.33. The highest BCUT2D eigenvalue weighted by molar-refractivity contribution is 5.79. The highest BCUT2D eigenvalue weighted by Gasteiger charge is 2.40. The largest absolute Gasteiger partial charge is 0.416 e. The fraction of sp³-hybridized carbons (Fsp3) is 0.632.